The van der Waals surface area contributed by atoms with Crippen molar-refractivity contribution >= 4 is 5.91 Å². The van der Waals surface area contributed by atoms with Gasteiger partial charge in [-0.1, -0.05) is 17.7 Å². The molecule has 1 saturated heterocycles. The summed E-state index contributed by atoms with van der Waals surface area (Å²) in [6.45, 7) is 8.27. The Morgan fingerprint density at radius 2 is 1.97 bits per heavy atom. The van der Waals surface area contributed by atoms with E-state index in [9.17, 15) is 4.79 Å². The zero-order valence-electron chi connectivity index (χ0n) is 18.8. The van der Waals surface area contributed by atoms with Gasteiger partial charge in [-0.2, -0.15) is 0 Å². The minimum Gasteiger partial charge on any atom is -0.485 e. The van der Waals surface area contributed by atoms with E-state index in [-0.39, 0.29) is 11.5 Å². The summed E-state index contributed by atoms with van der Waals surface area (Å²) >= 11 is 0. The van der Waals surface area contributed by atoms with Crippen LogP contribution in [0.2, 0.25) is 0 Å². The topological polar surface area (TPSA) is 67.8 Å². The number of aryl methyl sites for hydroxylation is 1. The highest BCUT2D eigenvalue weighted by atomic mass is 16.5. The van der Waals surface area contributed by atoms with Crippen molar-refractivity contribution in [2.24, 2.45) is 0 Å². The van der Waals surface area contributed by atoms with Crippen LogP contribution in [0.5, 0.6) is 5.75 Å². The summed E-state index contributed by atoms with van der Waals surface area (Å²) in [5.74, 6) is 1.83. The van der Waals surface area contributed by atoms with E-state index in [0.717, 1.165) is 61.6 Å². The summed E-state index contributed by atoms with van der Waals surface area (Å²) < 4.78 is 11.7. The molecule has 7 heteroatoms. The van der Waals surface area contributed by atoms with Crippen molar-refractivity contribution in [1.82, 2.24) is 19.8 Å². The van der Waals surface area contributed by atoms with Crippen molar-refractivity contribution < 1.29 is 14.3 Å². The predicted molar refractivity (Wildman–Crippen MR) is 118 cm³/mol. The number of carbonyl (C=O) groups is 1. The number of fused-ring (bicyclic) bond motifs is 1. The summed E-state index contributed by atoms with van der Waals surface area (Å²) in [4.78, 5) is 25.6. The minimum atomic E-state index is -0.330. The van der Waals surface area contributed by atoms with E-state index in [4.69, 9.17) is 9.47 Å². The van der Waals surface area contributed by atoms with E-state index in [1.807, 2.05) is 17.3 Å². The number of piperidine rings is 1. The van der Waals surface area contributed by atoms with Crippen LogP contribution in [-0.4, -0.2) is 64.6 Å². The Hall–Kier alpha value is -2.51. The molecule has 0 radical (unpaired) electrons. The molecule has 166 valence electrons. The molecule has 1 spiro atoms. The summed E-state index contributed by atoms with van der Waals surface area (Å²) in [5, 5.41) is 0. The number of aromatic nitrogens is 2. The quantitative estimate of drug-likeness (QED) is 0.735. The van der Waals surface area contributed by atoms with Crippen molar-refractivity contribution in [3.8, 4) is 5.75 Å². The lowest BCUT2D eigenvalue weighted by molar-refractivity contribution is -0.132. The number of ether oxygens (including phenoxy) is 2. The average Bonchev–Trinajstić information content (AvgIpc) is 2.92. The molecule has 0 atom stereocenters. The number of likely N-dealkylation sites (tertiary alicyclic amines) is 1. The Bertz CT molecular complexity index is 908. The summed E-state index contributed by atoms with van der Waals surface area (Å²) in [5.41, 5.74) is 3.07. The van der Waals surface area contributed by atoms with Gasteiger partial charge < -0.3 is 14.4 Å². The first kappa shape index (κ1) is 21.7. The highest BCUT2D eigenvalue weighted by molar-refractivity contribution is 5.73. The van der Waals surface area contributed by atoms with Gasteiger partial charge in [0.1, 0.15) is 17.2 Å². The van der Waals surface area contributed by atoms with Crippen LogP contribution >= 0.6 is 0 Å². The van der Waals surface area contributed by atoms with E-state index in [1.54, 1.807) is 14.0 Å². The van der Waals surface area contributed by atoms with E-state index in [2.05, 4.69) is 40.0 Å². The highest BCUT2D eigenvalue weighted by Crippen LogP contribution is 2.36. The Labute approximate surface area is 184 Å². The lowest BCUT2D eigenvalue weighted by Crippen LogP contribution is -2.53. The second-order valence-corrected chi connectivity index (χ2v) is 8.80. The van der Waals surface area contributed by atoms with Gasteiger partial charge in [0.25, 0.3) is 0 Å². The molecule has 0 saturated carbocycles. The van der Waals surface area contributed by atoms with Crippen LogP contribution in [0.3, 0.4) is 0 Å². The Morgan fingerprint density at radius 1 is 1.23 bits per heavy atom. The van der Waals surface area contributed by atoms with Crippen molar-refractivity contribution in [2.45, 2.75) is 51.8 Å². The first-order valence-corrected chi connectivity index (χ1v) is 11.0. The van der Waals surface area contributed by atoms with Gasteiger partial charge in [-0.3, -0.25) is 9.69 Å². The molecule has 2 aromatic rings. The molecular weight excluding hydrogens is 392 g/mol. The van der Waals surface area contributed by atoms with E-state index >= 15 is 0 Å². The number of amides is 1. The largest absolute Gasteiger partial charge is 0.485 e. The number of hydrogen-bond donors (Lipinski definition) is 0. The molecule has 3 heterocycles. The number of benzene rings is 1. The second-order valence-electron chi connectivity index (χ2n) is 8.80. The SMILES string of the molecule is COCCc1ncc(CN2CCC3(CC2)CN(C(C)=O)Cc2cc(C)ccc2O3)cn1. The van der Waals surface area contributed by atoms with Gasteiger partial charge in [0.2, 0.25) is 5.91 Å². The number of methoxy groups -OCH3 is 1. The number of carbonyl (C=O) groups excluding carboxylic acids is 1. The van der Waals surface area contributed by atoms with Crippen LogP contribution in [0.25, 0.3) is 0 Å². The lowest BCUT2D eigenvalue weighted by atomic mass is 9.90. The Balaban J connectivity index is 1.42. The smallest absolute Gasteiger partial charge is 0.219 e. The van der Waals surface area contributed by atoms with Gasteiger partial charge in [0, 0.05) is 83.0 Å². The van der Waals surface area contributed by atoms with Crippen LogP contribution in [0.15, 0.2) is 30.6 Å². The molecule has 4 rings (SSSR count). The fourth-order valence-electron chi connectivity index (χ4n) is 4.45. The summed E-state index contributed by atoms with van der Waals surface area (Å²) in [7, 11) is 1.69. The third-order valence-electron chi connectivity index (χ3n) is 6.29. The number of hydrogen-bond acceptors (Lipinski definition) is 6. The number of rotatable bonds is 5. The molecule has 0 bridgehead atoms. The molecule has 0 aliphatic carbocycles. The van der Waals surface area contributed by atoms with Gasteiger partial charge in [-0.05, 0) is 13.0 Å². The van der Waals surface area contributed by atoms with Crippen molar-refractivity contribution in [3.63, 3.8) is 0 Å². The summed E-state index contributed by atoms with van der Waals surface area (Å²) in [6.07, 6.45) is 6.34. The maximum atomic E-state index is 12.3. The lowest BCUT2D eigenvalue weighted by Gasteiger charge is -2.42. The van der Waals surface area contributed by atoms with Crippen LogP contribution in [-0.2, 0) is 29.0 Å². The molecule has 1 amide bonds. The zero-order valence-corrected chi connectivity index (χ0v) is 18.8. The second kappa shape index (κ2) is 9.32. The molecule has 2 aliphatic rings. The molecular formula is C24H32N4O3. The first-order valence-electron chi connectivity index (χ1n) is 11.0. The Kier molecular flexibility index (Phi) is 6.53. The first-order chi connectivity index (χ1) is 15.0. The standard InChI is InChI=1S/C24H32N4O3/c1-18-4-5-22-21(12-18)16-28(19(2)29)17-24(31-22)7-9-27(10-8-24)15-20-13-25-23(26-14-20)6-11-30-3/h4-5,12-14H,6-11,15-17H2,1-3H3. The van der Waals surface area contributed by atoms with E-state index < -0.39 is 0 Å². The van der Waals surface area contributed by atoms with Gasteiger partial charge in [0.15, 0.2) is 0 Å². The third-order valence-corrected chi connectivity index (χ3v) is 6.29. The highest BCUT2D eigenvalue weighted by Gasteiger charge is 2.41. The molecule has 7 nitrogen and oxygen atoms in total. The molecule has 0 N–H and O–H groups in total. The maximum absolute atomic E-state index is 12.3. The third kappa shape index (κ3) is 5.22. The zero-order chi connectivity index (χ0) is 21.8. The fraction of sp³-hybridized carbons (Fsp3) is 0.542. The molecule has 1 aromatic heterocycles. The van der Waals surface area contributed by atoms with E-state index in [1.165, 1.54) is 5.56 Å². The maximum Gasteiger partial charge on any atom is 0.219 e. The predicted octanol–water partition coefficient (Wildman–Crippen LogP) is 2.75. The minimum absolute atomic E-state index is 0.102. The monoisotopic (exact) mass is 424 g/mol. The fourth-order valence-corrected chi connectivity index (χ4v) is 4.45. The molecule has 1 aromatic carbocycles. The molecule has 1 fully saturated rings. The van der Waals surface area contributed by atoms with E-state index in [0.29, 0.717) is 19.7 Å². The molecule has 31 heavy (non-hydrogen) atoms. The van der Waals surface area contributed by atoms with Gasteiger partial charge in [-0.15, -0.1) is 0 Å². The molecule has 0 unspecified atom stereocenters. The van der Waals surface area contributed by atoms with Crippen LogP contribution in [0.1, 0.15) is 42.3 Å². The van der Waals surface area contributed by atoms with Crippen LogP contribution in [0.4, 0.5) is 0 Å². The number of nitrogens with zero attached hydrogens (tertiary/aromatic N) is 4. The van der Waals surface area contributed by atoms with Crippen LogP contribution in [0, 0.1) is 6.92 Å². The van der Waals surface area contributed by atoms with Crippen molar-refractivity contribution in [1.29, 1.82) is 0 Å². The van der Waals surface area contributed by atoms with Crippen LogP contribution < -0.4 is 4.74 Å². The average molecular weight is 425 g/mol. The summed E-state index contributed by atoms with van der Waals surface area (Å²) in [6, 6.07) is 6.28. The Morgan fingerprint density at radius 3 is 2.65 bits per heavy atom. The normalized spacial score (nSPS) is 18.4. The molecule has 2 aliphatic heterocycles. The van der Waals surface area contributed by atoms with Crippen molar-refractivity contribution in [2.75, 3.05) is 33.4 Å². The van der Waals surface area contributed by atoms with Crippen molar-refractivity contribution in [3.05, 3.63) is 53.1 Å². The van der Waals surface area contributed by atoms with Gasteiger partial charge >= 0.3 is 0 Å². The van der Waals surface area contributed by atoms with Gasteiger partial charge in [0.05, 0.1) is 13.2 Å². The van der Waals surface area contributed by atoms with Gasteiger partial charge in [-0.25, -0.2) is 9.97 Å².